The van der Waals surface area contributed by atoms with Crippen LogP contribution in [0.1, 0.15) is 50.0 Å². The van der Waals surface area contributed by atoms with Crippen LogP contribution < -0.4 is 10.1 Å². The molecule has 11 heteroatoms. The first-order chi connectivity index (χ1) is 15.8. The SMILES string of the molecule is COc1cc(C)c(S(=O)(=O)Cc2nc(CC(=O)NC3CCN(C(C)=O)CC3(C)C)no2)c(C)c1. The maximum atomic E-state index is 13.0. The molecule has 3 rings (SSSR count). The Morgan fingerprint density at radius 3 is 2.47 bits per heavy atom. The van der Waals surface area contributed by atoms with Crippen LogP contribution in [0.15, 0.2) is 21.6 Å². The minimum atomic E-state index is -3.75. The maximum Gasteiger partial charge on any atom is 0.242 e. The number of nitrogens with zero attached hydrogens (tertiary/aromatic N) is 3. The first kappa shape index (κ1) is 25.7. The molecule has 1 fully saturated rings. The van der Waals surface area contributed by atoms with Crippen molar-refractivity contribution in [3.05, 3.63) is 35.0 Å². The summed E-state index contributed by atoms with van der Waals surface area (Å²) in [5.41, 5.74) is 0.841. The van der Waals surface area contributed by atoms with Crippen LogP contribution >= 0.6 is 0 Å². The molecule has 186 valence electrons. The van der Waals surface area contributed by atoms with Crippen molar-refractivity contribution in [2.24, 2.45) is 5.41 Å². The summed E-state index contributed by atoms with van der Waals surface area (Å²) in [5, 5.41) is 6.78. The van der Waals surface area contributed by atoms with Gasteiger partial charge in [-0.25, -0.2) is 8.42 Å². The molecule has 2 aromatic rings. The van der Waals surface area contributed by atoms with E-state index in [1.165, 1.54) is 7.11 Å². The summed E-state index contributed by atoms with van der Waals surface area (Å²) in [7, 11) is -2.23. The summed E-state index contributed by atoms with van der Waals surface area (Å²) in [4.78, 5) is 30.4. The van der Waals surface area contributed by atoms with Crippen molar-refractivity contribution >= 4 is 21.7 Å². The van der Waals surface area contributed by atoms with E-state index in [4.69, 9.17) is 9.26 Å². The molecule has 1 aliphatic rings. The van der Waals surface area contributed by atoms with Crippen molar-refractivity contribution < 1.29 is 27.3 Å². The molecule has 10 nitrogen and oxygen atoms in total. The van der Waals surface area contributed by atoms with Gasteiger partial charge in [-0.15, -0.1) is 0 Å². The van der Waals surface area contributed by atoms with Crippen LogP contribution in [0, 0.1) is 19.3 Å². The molecule has 0 spiro atoms. The van der Waals surface area contributed by atoms with Gasteiger partial charge in [-0.05, 0) is 43.5 Å². The number of methoxy groups -OCH3 is 1. The van der Waals surface area contributed by atoms with Crippen molar-refractivity contribution in [2.75, 3.05) is 20.2 Å². The monoisotopic (exact) mass is 492 g/mol. The molecule has 34 heavy (non-hydrogen) atoms. The highest BCUT2D eigenvalue weighted by Crippen LogP contribution is 2.30. The van der Waals surface area contributed by atoms with E-state index in [9.17, 15) is 18.0 Å². The number of sulfone groups is 1. The molecule has 0 bridgehead atoms. The Balaban J connectivity index is 1.65. The lowest BCUT2D eigenvalue weighted by Gasteiger charge is -2.44. The van der Waals surface area contributed by atoms with Crippen molar-refractivity contribution in [1.29, 1.82) is 0 Å². The molecule has 0 saturated carbocycles. The van der Waals surface area contributed by atoms with E-state index in [0.29, 0.717) is 36.4 Å². The van der Waals surface area contributed by atoms with Gasteiger partial charge in [-0.2, -0.15) is 4.98 Å². The predicted molar refractivity (Wildman–Crippen MR) is 124 cm³/mol. The molecular weight excluding hydrogens is 460 g/mol. The highest BCUT2D eigenvalue weighted by atomic mass is 32.2. The molecule has 0 aliphatic carbocycles. The van der Waals surface area contributed by atoms with Gasteiger partial charge in [0.25, 0.3) is 0 Å². The normalized spacial score (nSPS) is 17.9. The third kappa shape index (κ3) is 5.75. The first-order valence-electron chi connectivity index (χ1n) is 11.1. The summed E-state index contributed by atoms with van der Waals surface area (Å²) in [6, 6.07) is 3.21. The summed E-state index contributed by atoms with van der Waals surface area (Å²) >= 11 is 0. The zero-order valence-electron chi connectivity index (χ0n) is 20.5. The van der Waals surface area contributed by atoms with Gasteiger partial charge in [0, 0.05) is 31.5 Å². The van der Waals surface area contributed by atoms with Gasteiger partial charge in [0.1, 0.15) is 11.5 Å². The topological polar surface area (TPSA) is 132 Å². The Morgan fingerprint density at radius 2 is 1.91 bits per heavy atom. The number of aryl methyl sites for hydroxylation is 2. The average molecular weight is 493 g/mol. The number of amides is 2. The van der Waals surface area contributed by atoms with Gasteiger partial charge >= 0.3 is 0 Å². The van der Waals surface area contributed by atoms with Gasteiger partial charge in [0.15, 0.2) is 15.7 Å². The third-order valence-corrected chi connectivity index (χ3v) is 8.03. The number of piperidine rings is 1. The highest BCUT2D eigenvalue weighted by molar-refractivity contribution is 7.90. The second-order valence-corrected chi connectivity index (χ2v) is 11.4. The molecule has 1 N–H and O–H groups in total. The third-order valence-electron chi connectivity index (χ3n) is 6.13. The van der Waals surface area contributed by atoms with E-state index in [0.717, 1.165) is 0 Å². The van der Waals surface area contributed by atoms with Crippen molar-refractivity contribution in [3.8, 4) is 5.75 Å². The van der Waals surface area contributed by atoms with Crippen LogP contribution in [-0.4, -0.2) is 61.5 Å². The summed E-state index contributed by atoms with van der Waals surface area (Å²) < 4.78 is 36.3. The van der Waals surface area contributed by atoms with E-state index in [1.807, 2.05) is 13.8 Å². The second-order valence-electron chi connectivity index (χ2n) is 9.47. The Bertz CT molecular complexity index is 1160. The molecule has 2 heterocycles. The van der Waals surface area contributed by atoms with E-state index < -0.39 is 15.6 Å². The number of benzene rings is 1. The van der Waals surface area contributed by atoms with E-state index in [2.05, 4.69) is 15.5 Å². The first-order valence-corrected chi connectivity index (χ1v) is 12.7. The zero-order valence-corrected chi connectivity index (χ0v) is 21.3. The smallest absolute Gasteiger partial charge is 0.242 e. The zero-order chi connectivity index (χ0) is 25.3. The van der Waals surface area contributed by atoms with Crippen LogP contribution in [-0.2, 0) is 31.6 Å². The fourth-order valence-corrected chi connectivity index (χ4v) is 6.14. The summed E-state index contributed by atoms with van der Waals surface area (Å²) in [5.74, 6) is -0.113. The van der Waals surface area contributed by atoms with Crippen LogP contribution in [0.2, 0.25) is 0 Å². The molecule has 1 saturated heterocycles. The lowest BCUT2D eigenvalue weighted by molar-refractivity contribution is -0.133. The van der Waals surface area contributed by atoms with Crippen LogP contribution in [0.25, 0.3) is 0 Å². The number of ether oxygens (including phenoxy) is 1. The minimum absolute atomic E-state index is 0.0205. The number of carbonyl (C=O) groups excluding carboxylic acids is 2. The van der Waals surface area contributed by atoms with E-state index >= 15 is 0 Å². The molecule has 1 unspecified atom stereocenters. The van der Waals surface area contributed by atoms with Gasteiger partial charge in [-0.3, -0.25) is 9.59 Å². The summed E-state index contributed by atoms with van der Waals surface area (Å²) in [6.07, 6.45) is 0.516. The minimum Gasteiger partial charge on any atom is -0.497 e. The summed E-state index contributed by atoms with van der Waals surface area (Å²) in [6.45, 7) is 10.1. The van der Waals surface area contributed by atoms with Crippen LogP contribution in [0.5, 0.6) is 5.75 Å². The van der Waals surface area contributed by atoms with Gasteiger partial charge in [0.2, 0.25) is 17.7 Å². The number of aromatic nitrogens is 2. The molecule has 2 amide bonds. The molecule has 1 aliphatic heterocycles. The van der Waals surface area contributed by atoms with E-state index in [1.54, 1.807) is 37.8 Å². The van der Waals surface area contributed by atoms with Crippen LogP contribution in [0.3, 0.4) is 0 Å². The second kappa shape index (κ2) is 9.73. The highest BCUT2D eigenvalue weighted by Gasteiger charge is 2.37. The number of carbonyl (C=O) groups is 2. The number of likely N-dealkylation sites (tertiary alicyclic amines) is 1. The lowest BCUT2D eigenvalue weighted by atomic mass is 9.79. The Labute approximate surface area is 200 Å². The number of hydrogen-bond donors (Lipinski definition) is 1. The lowest BCUT2D eigenvalue weighted by Crippen LogP contribution is -2.56. The van der Waals surface area contributed by atoms with Gasteiger partial charge in [0.05, 0.1) is 18.4 Å². The fourth-order valence-electron chi connectivity index (χ4n) is 4.46. The van der Waals surface area contributed by atoms with E-state index in [-0.39, 0.29) is 46.3 Å². The Hall–Kier alpha value is -2.95. The maximum absolute atomic E-state index is 13.0. The predicted octanol–water partition coefficient (Wildman–Crippen LogP) is 1.97. The molecule has 1 aromatic carbocycles. The molecule has 1 aromatic heterocycles. The van der Waals surface area contributed by atoms with Crippen molar-refractivity contribution in [3.63, 3.8) is 0 Å². The fraction of sp³-hybridized carbons (Fsp3) is 0.565. The number of hydrogen-bond acceptors (Lipinski definition) is 8. The number of nitrogens with one attached hydrogen (secondary N) is 1. The Kier molecular flexibility index (Phi) is 7.35. The standard InChI is InChI=1S/C23H32N4O6S/c1-14-9-17(32-6)10-15(2)22(14)34(30,31)12-21-25-19(26-33-21)11-20(29)24-18-7-8-27(16(3)28)13-23(18,4)5/h9-10,18H,7-8,11-13H2,1-6H3,(H,24,29). The van der Waals surface area contributed by atoms with Crippen LogP contribution in [0.4, 0.5) is 0 Å². The molecule has 1 atom stereocenters. The largest absolute Gasteiger partial charge is 0.497 e. The average Bonchev–Trinajstić information content (AvgIpc) is 3.13. The molecule has 0 radical (unpaired) electrons. The molecular formula is C23H32N4O6S. The number of rotatable bonds is 7. The Morgan fingerprint density at radius 1 is 1.26 bits per heavy atom. The van der Waals surface area contributed by atoms with Gasteiger partial charge in [-0.1, -0.05) is 19.0 Å². The van der Waals surface area contributed by atoms with Gasteiger partial charge < -0.3 is 19.5 Å². The van der Waals surface area contributed by atoms with Crippen molar-refractivity contribution in [1.82, 2.24) is 20.4 Å². The van der Waals surface area contributed by atoms with Crippen molar-refractivity contribution in [2.45, 2.75) is 64.2 Å². The quantitative estimate of drug-likeness (QED) is 0.621.